The average molecular weight is 1280 g/mol. The van der Waals surface area contributed by atoms with Crippen LogP contribution in [0.15, 0.2) is 71.2 Å². The van der Waals surface area contributed by atoms with Crippen molar-refractivity contribution in [3.63, 3.8) is 0 Å². The third kappa shape index (κ3) is 18.7. The van der Waals surface area contributed by atoms with Crippen LogP contribution in [0.25, 0.3) is 10.0 Å². The molecule has 0 bridgehead atoms. The number of thiophene rings is 2. The van der Waals surface area contributed by atoms with Gasteiger partial charge in [0.1, 0.15) is 33.7 Å². The van der Waals surface area contributed by atoms with Crippen molar-refractivity contribution in [1.29, 1.82) is 0 Å². The lowest BCUT2D eigenvalue weighted by Gasteiger charge is -2.29. The summed E-state index contributed by atoms with van der Waals surface area (Å²) in [6.45, 7) is 25.8. The lowest BCUT2D eigenvalue weighted by atomic mass is 9.94. The van der Waals surface area contributed by atoms with Crippen LogP contribution in [0.2, 0.25) is 10.0 Å². The molecule has 0 fully saturated rings. The van der Waals surface area contributed by atoms with E-state index in [2.05, 4.69) is 72.2 Å². The van der Waals surface area contributed by atoms with Gasteiger partial charge in [0.05, 0.1) is 143 Å². The summed E-state index contributed by atoms with van der Waals surface area (Å²) >= 11 is 15.8. The van der Waals surface area contributed by atoms with Crippen molar-refractivity contribution in [2.75, 3.05) is 132 Å². The summed E-state index contributed by atoms with van der Waals surface area (Å²) in [6, 6.07) is 14.1. The maximum absolute atomic E-state index is 13.3. The number of rotatable bonds is 38. The van der Waals surface area contributed by atoms with Gasteiger partial charge in [0.25, 0.3) is 0 Å². The molecule has 4 aromatic heterocycles. The van der Waals surface area contributed by atoms with E-state index >= 15 is 0 Å². The molecule has 6 heterocycles. The first-order chi connectivity index (χ1) is 42.2. The number of amides is 2. The second-order valence-electron chi connectivity index (χ2n) is 21.3. The van der Waals surface area contributed by atoms with Gasteiger partial charge >= 0.3 is 0 Å². The third-order valence-electron chi connectivity index (χ3n) is 14.4. The molecule has 6 aromatic rings. The number of carbonyl (C=O) groups is 2. The third-order valence-corrected chi connectivity index (χ3v) is 17.3. The molecule has 0 radical (unpaired) electrons. The first-order valence-electron chi connectivity index (χ1n) is 29.2. The van der Waals surface area contributed by atoms with Crippen molar-refractivity contribution in [1.82, 2.24) is 40.2 Å². The summed E-state index contributed by atoms with van der Waals surface area (Å²) in [7, 11) is 0. The first kappa shape index (κ1) is 67.3. The van der Waals surface area contributed by atoms with Gasteiger partial charge in [-0.15, -0.1) is 49.6 Å². The maximum Gasteiger partial charge on any atom is 0.222 e. The normalized spacial score (nSPS) is 14.6. The number of aliphatic imine (C=N–C) groups is 2. The number of ether oxygens (including phenoxy) is 9. The molecule has 0 spiro atoms. The number of hydrogen-bond acceptors (Lipinski definition) is 19. The van der Waals surface area contributed by atoms with Gasteiger partial charge in [-0.2, -0.15) is 0 Å². The van der Waals surface area contributed by atoms with E-state index in [9.17, 15) is 9.59 Å². The predicted octanol–water partition coefficient (Wildman–Crippen LogP) is 8.97. The Morgan fingerprint density at radius 2 is 0.874 bits per heavy atom. The van der Waals surface area contributed by atoms with E-state index in [1.165, 1.54) is 9.75 Å². The number of nitrogens with one attached hydrogen (secondary N) is 2. The van der Waals surface area contributed by atoms with Crippen LogP contribution in [0.3, 0.4) is 0 Å². The van der Waals surface area contributed by atoms with Gasteiger partial charge in [0.15, 0.2) is 11.6 Å². The molecule has 2 N–H and O–H groups in total. The maximum atomic E-state index is 13.3. The van der Waals surface area contributed by atoms with E-state index in [0.717, 1.165) is 66.5 Å². The molecule has 0 aliphatic carbocycles. The van der Waals surface area contributed by atoms with Crippen molar-refractivity contribution < 1.29 is 52.2 Å². The minimum absolute atomic E-state index is 0.0942. The van der Waals surface area contributed by atoms with Crippen molar-refractivity contribution in [2.24, 2.45) is 15.4 Å². The Morgan fingerprint density at radius 1 is 0.529 bits per heavy atom. The molecule has 21 nitrogen and oxygen atoms in total. The van der Waals surface area contributed by atoms with Crippen molar-refractivity contribution in [3.8, 4) is 10.0 Å². The highest BCUT2D eigenvalue weighted by atomic mass is 35.5. The van der Waals surface area contributed by atoms with Crippen molar-refractivity contribution >= 4 is 69.1 Å². The van der Waals surface area contributed by atoms with Crippen LogP contribution in [0.1, 0.15) is 98.3 Å². The Kier molecular flexibility index (Phi) is 26.1. The molecule has 2 atom stereocenters. The van der Waals surface area contributed by atoms with E-state index in [0.29, 0.717) is 154 Å². The van der Waals surface area contributed by atoms with Gasteiger partial charge in [-0.25, -0.2) is 0 Å². The summed E-state index contributed by atoms with van der Waals surface area (Å²) in [4.78, 5) is 39.3. The van der Waals surface area contributed by atoms with E-state index in [-0.39, 0.29) is 24.7 Å². The fourth-order valence-corrected chi connectivity index (χ4v) is 12.4. The zero-order chi connectivity index (χ0) is 61.7. The van der Waals surface area contributed by atoms with Crippen LogP contribution in [0, 0.1) is 47.0 Å². The number of aryl methyl sites for hydroxylation is 4. The number of nitrogens with zero attached hydrogens (tertiary/aromatic N) is 8. The Balaban J connectivity index is 0.619. The van der Waals surface area contributed by atoms with Crippen LogP contribution >= 0.6 is 45.9 Å². The smallest absolute Gasteiger partial charge is 0.222 e. The van der Waals surface area contributed by atoms with E-state index in [4.69, 9.17) is 75.8 Å². The Labute approximate surface area is 527 Å². The van der Waals surface area contributed by atoms with Crippen LogP contribution in [0.4, 0.5) is 0 Å². The van der Waals surface area contributed by atoms with Gasteiger partial charge in [0, 0.05) is 60.6 Å². The second-order valence-corrected chi connectivity index (χ2v) is 24.6. The zero-order valence-electron chi connectivity index (χ0n) is 50.8. The van der Waals surface area contributed by atoms with E-state index in [1.807, 2.05) is 71.5 Å². The van der Waals surface area contributed by atoms with Crippen molar-refractivity contribution in [2.45, 2.75) is 73.4 Å². The van der Waals surface area contributed by atoms with Gasteiger partial charge in [0.2, 0.25) is 11.8 Å². The van der Waals surface area contributed by atoms with Crippen molar-refractivity contribution in [3.05, 3.63) is 138 Å². The highest BCUT2D eigenvalue weighted by Crippen LogP contribution is 2.41. The highest BCUT2D eigenvalue weighted by Gasteiger charge is 2.35. The molecule has 2 aromatic carbocycles. The number of aromatic nitrogens is 6. The standard InChI is InChI=1S/C62H80Cl2N10O11S2/c1-9-20-83-37-62(8,38-84-33-31-81-29-27-79-25-23-77-21-18-65-52(75)35-50-58-71-69-44(6)73(58)60-54(40(2)42(4)86-60)56(67-50)46-10-14-48(63)15-11-46)39-85-34-32-82-30-28-80-26-24-78-22-19-66-53(76)36-51-59-72-70-45(7)74(59)61-55(41(3)43(5)87-61)57(68-51)47-12-16-49(64)17-13-47/h9-17,50-51H,1,18-39H2,2-8H3,(H,65,75)(H,66,76)/t50-,51-/m0/s1. The number of halogens is 2. The Morgan fingerprint density at radius 3 is 1.24 bits per heavy atom. The molecule has 470 valence electrons. The molecule has 0 unspecified atom stereocenters. The molecular formula is C62H80Cl2N10O11S2. The van der Waals surface area contributed by atoms with Crippen LogP contribution in [-0.2, 0) is 52.2 Å². The molecule has 2 amide bonds. The minimum atomic E-state index is -0.554. The molecule has 8 rings (SSSR count). The molecule has 2 aliphatic heterocycles. The molecule has 25 heteroatoms. The van der Waals surface area contributed by atoms with E-state index < -0.39 is 17.5 Å². The van der Waals surface area contributed by atoms with Crippen LogP contribution in [0.5, 0.6) is 0 Å². The minimum Gasteiger partial charge on any atom is -0.378 e. The first-order valence-corrected chi connectivity index (χ1v) is 31.6. The van der Waals surface area contributed by atoms with E-state index in [1.54, 1.807) is 28.7 Å². The summed E-state index contributed by atoms with van der Waals surface area (Å²) in [5.41, 5.74) is 7.32. The molecule has 2 aliphatic rings. The summed E-state index contributed by atoms with van der Waals surface area (Å²) in [5, 5.41) is 26.9. The molecule has 0 saturated heterocycles. The largest absolute Gasteiger partial charge is 0.378 e. The summed E-state index contributed by atoms with van der Waals surface area (Å²) in [6.07, 6.45) is 1.90. The summed E-state index contributed by atoms with van der Waals surface area (Å²) in [5.74, 6) is 2.39. The summed E-state index contributed by atoms with van der Waals surface area (Å²) < 4.78 is 56.1. The highest BCUT2D eigenvalue weighted by molar-refractivity contribution is 7.15. The van der Waals surface area contributed by atoms with Gasteiger partial charge in [-0.3, -0.25) is 28.7 Å². The van der Waals surface area contributed by atoms with Gasteiger partial charge in [-0.05, 0) is 76.9 Å². The number of fused-ring (bicyclic) bond motifs is 6. The quantitative estimate of drug-likeness (QED) is 0.0272. The molecular weight excluding hydrogens is 1200 g/mol. The number of hydrogen-bond donors (Lipinski definition) is 2. The van der Waals surface area contributed by atoms with Gasteiger partial charge < -0.3 is 53.3 Å². The van der Waals surface area contributed by atoms with Gasteiger partial charge in [-0.1, -0.05) is 60.5 Å². The molecule has 0 saturated carbocycles. The molecule has 87 heavy (non-hydrogen) atoms. The Hall–Kier alpha value is -5.64. The van der Waals surface area contributed by atoms with Crippen LogP contribution in [-0.4, -0.2) is 185 Å². The SMILES string of the molecule is C=CCOCC(C)(COCCOCCOCCOCCNC(=O)C[C@@H]1N=C(c2ccc(Cl)cc2)c2c(sc(C)c2C)-n2c(C)nnc21)COCCOCCOCCOCCNC(=O)C[C@@H]1N=C(c2ccc(Cl)cc2)c2c(sc(C)c2C)-n2c(C)nnc21. The number of benzene rings is 2. The fourth-order valence-electron chi connectivity index (χ4n) is 9.76. The lowest BCUT2D eigenvalue weighted by molar-refractivity contribution is -0.122. The predicted molar refractivity (Wildman–Crippen MR) is 337 cm³/mol. The topological polar surface area (TPSA) is 227 Å². The second kappa shape index (κ2) is 33.8. The Bertz CT molecular complexity index is 3070. The average Bonchev–Trinajstić information content (AvgIpc) is 1.64. The monoisotopic (exact) mass is 1270 g/mol. The van der Waals surface area contributed by atoms with Crippen LogP contribution < -0.4 is 10.6 Å². The fraction of sp³-hybridized carbons (Fsp3) is 0.516. The number of carbonyl (C=O) groups excluding carboxylic acids is 2. The zero-order valence-corrected chi connectivity index (χ0v) is 53.9. The lowest BCUT2D eigenvalue weighted by Crippen LogP contribution is -2.35.